The molecule has 2 aromatic rings. The summed E-state index contributed by atoms with van der Waals surface area (Å²) in [5, 5.41) is 4.24. The van der Waals surface area contributed by atoms with Crippen LogP contribution < -0.4 is 0 Å². The van der Waals surface area contributed by atoms with Gasteiger partial charge in [-0.2, -0.15) is 5.10 Å². The SMILES string of the molecule is Cc1ccccc1-c1c(I)cnn1C. The van der Waals surface area contributed by atoms with Gasteiger partial charge in [0.25, 0.3) is 0 Å². The van der Waals surface area contributed by atoms with E-state index in [9.17, 15) is 0 Å². The molecule has 3 heteroatoms. The van der Waals surface area contributed by atoms with Crippen molar-refractivity contribution in [2.75, 3.05) is 0 Å². The molecule has 0 spiro atoms. The monoisotopic (exact) mass is 298 g/mol. The lowest BCUT2D eigenvalue weighted by Gasteiger charge is -2.06. The van der Waals surface area contributed by atoms with E-state index in [0.29, 0.717) is 0 Å². The smallest absolute Gasteiger partial charge is 0.0815 e. The van der Waals surface area contributed by atoms with Crippen molar-refractivity contribution in [3.05, 3.63) is 39.6 Å². The molecular weight excluding hydrogens is 287 g/mol. The molecule has 0 aliphatic carbocycles. The third-order valence-corrected chi connectivity index (χ3v) is 3.08. The molecule has 0 radical (unpaired) electrons. The molecule has 72 valence electrons. The van der Waals surface area contributed by atoms with E-state index >= 15 is 0 Å². The molecule has 0 aliphatic rings. The van der Waals surface area contributed by atoms with Gasteiger partial charge in [0.15, 0.2) is 0 Å². The van der Waals surface area contributed by atoms with Gasteiger partial charge in [0.2, 0.25) is 0 Å². The van der Waals surface area contributed by atoms with Crippen LogP contribution in [0.25, 0.3) is 11.3 Å². The maximum atomic E-state index is 4.24. The lowest BCUT2D eigenvalue weighted by Crippen LogP contribution is -1.95. The highest BCUT2D eigenvalue weighted by Crippen LogP contribution is 2.26. The minimum Gasteiger partial charge on any atom is -0.267 e. The molecule has 0 saturated heterocycles. The quantitative estimate of drug-likeness (QED) is 0.740. The molecule has 1 aromatic carbocycles. The molecule has 0 fully saturated rings. The van der Waals surface area contributed by atoms with Gasteiger partial charge in [0.05, 0.1) is 15.5 Å². The normalized spacial score (nSPS) is 10.5. The van der Waals surface area contributed by atoms with Crippen LogP contribution in [0.2, 0.25) is 0 Å². The van der Waals surface area contributed by atoms with Crippen LogP contribution in [0.15, 0.2) is 30.5 Å². The van der Waals surface area contributed by atoms with E-state index in [1.165, 1.54) is 20.4 Å². The van der Waals surface area contributed by atoms with E-state index < -0.39 is 0 Å². The van der Waals surface area contributed by atoms with Gasteiger partial charge in [0.1, 0.15) is 0 Å². The van der Waals surface area contributed by atoms with Crippen LogP contribution in [-0.2, 0) is 7.05 Å². The van der Waals surface area contributed by atoms with Crippen molar-refractivity contribution in [2.45, 2.75) is 6.92 Å². The molecule has 0 bridgehead atoms. The zero-order chi connectivity index (χ0) is 10.1. The van der Waals surface area contributed by atoms with Crippen molar-refractivity contribution in [1.82, 2.24) is 9.78 Å². The van der Waals surface area contributed by atoms with Gasteiger partial charge < -0.3 is 0 Å². The number of benzene rings is 1. The standard InChI is InChI=1S/C11H11IN2/c1-8-5-3-4-6-9(8)11-10(12)7-13-14(11)2/h3-7H,1-2H3. The highest BCUT2D eigenvalue weighted by molar-refractivity contribution is 14.1. The van der Waals surface area contributed by atoms with Crippen LogP contribution in [0.1, 0.15) is 5.56 Å². The summed E-state index contributed by atoms with van der Waals surface area (Å²) in [6, 6.07) is 8.38. The Hall–Kier alpha value is -0.840. The minimum absolute atomic E-state index is 1.19. The first kappa shape index (κ1) is 9.71. The summed E-state index contributed by atoms with van der Waals surface area (Å²) >= 11 is 2.32. The molecule has 14 heavy (non-hydrogen) atoms. The second-order valence-electron chi connectivity index (χ2n) is 3.28. The summed E-state index contributed by atoms with van der Waals surface area (Å²) in [6.45, 7) is 2.12. The van der Waals surface area contributed by atoms with Crippen molar-refractivity contribution in [1.29, 1.82) is 0 Å². The van der Waals surface area contributed by atoms with Crippen LogP contribution >= 0.6 is 22.6 Å². The summed E-state index contributed by atoms with van der Waals surface area (Å²) in [5.41, 5.74) is 3.75. The first-order valence-corrected chi connectivity index (χ1v) is 5.51. The highest BCUT2D eigenvalue weighted by Gasteiger charge is 2.09. The fraction of sp³-hybridized carbons (Fsp3) is 0.182. The fourth-order valence-electron chi connectivity index (χ4n) is 1.55. The molecule has 0 amide bonds. The van der Waals surface area contributed by atoms with Crippen molar-refractivity contribution in [3.63, 3.8) is 0 Å². The van der Waals surface area contributed by atoms with Crippen LogP contribution in [0.4, 0.5) is 0 Å². The summed E-state index contributed by atoms with van der Waals surface area (Å²) in [6.07, 6.45) is 1.89. The first-order chi connectivity index (χ1) is 6.70. The lowest BCUT2D eigenvalue weighted by atomic mass is 10.1. The van der Waals surface area contributed by atoms with Gasteiger partial charge in [-0.15, -0.1) is 0 Å². The van der Waals surface area contributed by atoms with Crippen molar-refractivity contribution in [2.24, 2.45) is 7.05 Å². The van der Waals surface area contributed by atoms with Crippen molar-refractivity contribution >= 4 is 22.6 Å². The van der Waals surface area contributed by atoms with Crippen LogP contribution in [0.5, 0.6) is 0 Å². The van der Waals surface area contributed by atoms with E-state index in [0.717, 1.165) is 0 Å². The average molecular weight is 298 g/mol. The largest absolute Gasteiger partial charge is 0.267 e. The molecule has 0 unspecified atom stereocenters. The molecule has 2 rings (SSSR count). The zero-order valence-corrected chi connectivity index (χ0v) is 10.3. The van der Waals surface area contributed by atoms with Crippen molar-refractivity contribution in [3.8, 4) is 11.3 Å². The molecule has 0 aliphatic heterocycles. The van der Waals surface area contributed by atoms with Crippen molar-refractivity contribution < 1.29 is 0 Å². The third-order valence-electron chi connectivity index (χ3n) is 2.29. The van der Waals surface area contributed by atoms with E-state index in [2.05, 4.69) is 58.9 Å². The van der Waals surface area contributed by atoms with E-state index in [4.69, 9.17) is 0 Å². The van der Waals surface area contributed by atoms with E-state index in [1.807, 2.05) is 17.9 Å². The molecule has 2 nitrogen and oxygen atoms in total. The van der Waals surface area contributed by atoms with Gasteiger partial charge in [-0.3, -0.25) is 4.68 Å². The maximum Gasteiger partial charge on any atom is 0.0815 e. The molecule has 1 heterocycles. The van der Waals surface area contributed by atoms with E-state index in [-0.39, 0.29) is 0 Å². The number of aromatic nitrogens is 2. The Bertz CT molecular complexity index is 441. The van der Waals surface area contributed by atoms with Gasteiger partial charge in [0, 0.05) is 12.6 Å². The van der Waals surface area contributed by atoms with Gasteiger partial charge in [-0.25, -0.2) is 0 Å². The number of nitrogens with zero attached hydrogens (tertiary/aromatic N) is 2. The third kappa shape index (κ3) is 1.56. The first-order valence-electron chi connectivity index (χ1n) is 4.43. The predicted octanol–water partition coefficient (Wildman–Crippen LogP) is 3.00. The number of aryl methyl sites for hydroxylation is 2. The minimum atomic E-state index is 1.19. The topological polar surface area (TPSA) is 17.8 Å². The average Bonchev–Trinajstić information content (AvgIpc) is 2.48. The Morgan fingerprint density at radius 2 is 2.00 bits per heavy atom. The maximum absolute atomic E-state index is 4.24. The van der Waals surface area contributed by atoms with Crippen LogP contribution in [0, 0.1) is 10.5 Å². The van der Waals surface area contributed by atoms with Gasteiger partial charge >= 0.3 is 0 Å². The summed E-state index contributed by atoms with van der Waals surface area (Å²) in [4.78, 5) is 0. The molecule has 1 aromatic heterocycles. The second-order valence-corrected chi connectivity index (χ2v) is 4.44. The summed E-state index contributed by atoms with van der Waals surface area (Å²) in [5.74, 6) is 0. The number of hydrogen-bond acceptors (Lipinski definition) is 1. The Kier molecular flexibility index (Phi) is 2.58. The molecule has 0 N–H and O–H groups in total. The zero-order valence-electron chi connectivity index (χ0n) is 8.16. The molecular formula is C11H11IN2. The lowest BCUT2D eigenvalue weighted by molar-refractivity contribution is 0.775. The molecule has 0 atom stereocenters. The van der Waals surface area contributed by atoms with Gasteiger partial charge in [-0.05, 0) is 35.1 Å². The number of rotatable bonds is 1. The Morgan fingerprint density at radius 3 is 2.57 bits per heavy atom. The Labute approximate surface area is 97.1 Å². The Balaban J connectivity index is 2.66. The molecule has 0 saturated carbocycles. The predicted molar refractivity (Wildman–Crippen MR) is 66.1 cm³/mol. The second kappa shape index (κ2) is 3.73. The van der Waals surface area contributed by atoms with E-state index in [1.54, 1.807) is 0 Å². The Morgan fingerprint density at radius 1 is 1.29 bits per heavy atom. The van der Waals surface area contributed by atoms with Crippen LogP contribution in [0.3, 0.4) is 0 Å². The summed E-state index contributed by atoms with van der Waals surface area (Å²) < 4.78 is 3.11. The number of hydrogen-bond donors (Lipinski definition) is 0. The summed E-state index contributed by atoms with van der Waals surface area (Å²) in [7, 11) is 1.98. The fourth-order valence-corrected chi connectivity index (χ4v) is 2.32. The van der Waals surface area contributed by atoms with Crippen LogP contribution in [-0.4, -0.2) is 9.78 Å². The highest BCUT2D eigenvalue weighted by atomic mass is 127. The number of halogens is 1. The van der Waals surface area contributed by atoms with Gasteiger partial charge in [-0.1, -0.05) is 24.3 Å².